The van der Waals surface area contributed by atoms with Crippen molar-refractivity contribution in [2.45, 2.75) is 32.0 Å². The van der Waals surface area contributed by atoms with Gasteiger partial charge in [0.05, 0.1) is 5.75 Å². The van der Waals surface area contributed by atoms with Crippen LogP contribution in [0, 0.1) is 5.92 Å². The van der Waals surface area contributed by atoms with Gasteiger partial charge in [0.1, 0.15) is 6.61 Å². The number of carbonyl (C=O) groups excluding carboxylic acids is 1. The number of hydrogen-bond acceptors (Lipinski definition) is 5. The zero-order valence-corrected chi connectivity index (χ0v) is 13.9. The van der Waals surface area contributed by atoms with E-state index in [2.05, 4.69) is 24.0 Å². The molecule has 5 nitrogen and oxygen atoms in total. The van der Waals surface area contributed by atoms with E-state index in [-0.39, 0.29) is 12.4 Å². The van der Waals surface area contributed by atoms with E-state index in [9.17, 15) is 4.79 Å². The van der Waals surface area contributed by atoms with E-state index in [1.165, 1.54) is 17.3 Å². The Balaban J connectivity index is 1.95. The van der Waals surface area contributed by atoms with Gasteiger partial charge in [0.15, 0.2) is 16.8 Å². The number of benzene rings is 1. The summed E-state index contributed by atoms with van der Waals surface area (Å²) in [7, 11) is 1.78. The summed E-state index contributed by atoms with van der Waals surface area (Å²) in [6.45, 7) is 4.20. The SMILES string of the molecule is CC(C)Cc1ccc(C(=O)CSc2nnc(CO)n2C)cc1. The number of aliphatic hydroxyl groups is 1. The van der Waals surface area contributed by atoms with Crippen LogP contribution < -0.4 is 0 Å². The quantitative estimate of drug-likeness (QED) is 0.627. The van der Waals surface area contributed by atoms with Gasteiger partial charge >= 0.3 is 0 Å². The van der Waals surface area contributed by atoms with Crippen molar-refractivity contribution in [2.24, 2.45) is 13.0 Å². The first kappa shape index (κ1) is 16.7. The number of rotatable bonds is 7. The predicted molar refractivity (Wildman–Crippen MR) is 87.0 cm³/mol. The van der Waals surface area contributed by atoms with Crippen LogP contribution in [0.25, 0.3) is 0 Å². The van der Waals surface area contributed by atoms with E-state index in [0.29, 0.717) is 28.2 Å². The van der Waals surface area contributed by atoms with Crippen LogP contribution in [0.4, 0.5) is 0 Å². The van der Waals surface area contributed by atoms with Crippen molar-refractivity contribution in [3.63, 3.8) is 0 Å². The highest BCUT2D eigenvalue weighted by Gasteiger charge is 2.12. The van der Waals surface area contributed by atoms with E-state index in [0.717, 1.165) is 6.42 Å². The molecular formula is C16H21N3O2S. The number of aliphatic hydroxyl groups excluding tert-OH is 1. The van der Waals surface area contributed by atoms with E-state index < -0.39 is 0 Å². The van der Waals surface area contributed by atoms with Crippen molar-refractivity contribution in [1.29, 1.82) is 0 Å². The Hall–Kier alpha value is -1.66. The van der Waals surface area contributed by atoms with Crippen LogP contribution in [0.2, 0.25) is 0 Å². The molecule has 0 saturated heterocycles. The molecule has 1 aromatic heterocycles. The summed E-state index contributed by atoms with van der Waals surface area (Å²) in [5.74, 6) is 1.47. The third kappa shape index (κ3) is 4.18. The lowest BCUT2D eigenvalue weighted by molar-refractivity contribution is 0.102. The molecule has 0 amide bonds. The Labute approximate surface area is 134 Å². The minimum absolute atomic E-state index is 0.0645. The predicted octanol–water partition coefficient (Wildman–Crippen LogP) is 2.48. The summed E-state index contributed by atoms with van der Waals surface area (Å²) in [5, 5.41) is 17.5. The maximum Gasteiger partial charge on any atom is 0.191 e. The second kappa shape index (κ2) is 7.56. The fourth-order valence-electron chi connectivity index (χ4n) is 2.12. The lowest BCUT2D eigenvalue weighted by Crippen LogP contribution is -2.05. The lowest BCUT2D eigenvalue weighted by Gasteiger charge is -2.06. The Bertz CT molecular complexity index is 635. The fraction of sp³-hybridized carbons (Fsp3) is 0.438. The second-order valence-electron chi connectivity index (χ2n) is 5.62. The Kier molecular flexibility index (Phi) is 5.74. The number of thioether (sulfide) groups is 1. The smallest absolute Gasteiger partial charge is 0.191 e. The molecule has 0 saturated carbocycles. The fourth-order valence-corrected chi connectivity index (χ4v) is 2.94. The first-order chi connectivity index (χ1) is 10.5. The first-order valence-corrected chi connectivity index (χ1v) is 8.24. The third-order valence-electron chi connectivity index (χ3n) is 3.32. The zero-order chi connectivity index (χ0) is 16.1. The average molecular weight is 319 g/mol. The summed E-state index contributed by atoms with van der Waals surface area (Å²) < 4.78 is 1.70. The summed E-state index contributed by atoms with van der Waals surface area (Å²) in [5.41, 5.74) is 1.96. The minimum atomic E-state index is -0.157. The standard InChI is InChI=1S/C16H21N3O2S/c1-11(2)8-12-4-6-13(7-5-12)14(21)10-22-16-18-17-15(9-20)19(16)3/h4-7,11,20H,8-10H2,1-3H3. The van der Waals surface area contributed by atoms with Gasteiger partial charge in [0, 0.05) is 12.6 Å². The topological polar surface area (TPSA) is 68.0 Å². The molecule has 0 aliphatic rings. The van der Waals surface area contributed by atoms with Crippen molar-refractivity contribution >= 4 is 17.5 Å². The second-order valence-corrected chi connectivity index (χ2v) is 6.57. The molecule has 0 aliphatic heterocycles. The molecule has 1 N–H and O–H groups in total. The summed E-state index contributed by atoms with van der Waals surface area (Å²) in [6, 6.07) is 7.81. The number of aromatic nitrogens is 3. The van der Waals surface area contributed by atoms with Gasteiger partial charge in [-0.25, -0.2) is 0 Å². The highest BCUT2D eigenvalue weighted by Crippen LogP contribution is 2.18. The molecule has 2 aromatic rings. The summed E-state index contributed by atoms with van der Waals surface area (Å²) >= 11 is 1.33. The van der Waals surface area contributed by atoms with Crippen LogP contribution in [-0.4, -0.2) is 31.4 Å². The monoisotopic (exact) mass is 319 g/mol. The van der Waals surface area contributed by atoms with Crippen molar-refractivity contribution in [3.05, 3.63) is 41.2 Å². The zero-order valence-electron chi connectivity index (χ0n) is 13.1. The van der Waals surface area contributed by atoms with Crippen molar-refractivity contribution < 1.29 is 9.90 Å². The van der Waals surface area contributed by atoms with E-state index >= 15 is 0 Å². The van der Waals surface area contributed by atoms with Gasteiger partial charge in [-0.1, -0.05) is 49.9 Å². The Morgan fingerprint density at radius 3 is 2.50 bits per heavy atom. The van der Waals surface area contributed by atoms with Crippen LogP contribution in [0.1, 0.15) is 35.6 Å². The van der Waals surface area contributed by atoms with Crippen LogP contribution >= 0.6 is 11.8 Å². The maximum absolute atomic E-state index is 12.2. The van der Waals surface area contributed by atoms with Gasteiger partial charge in [-0.15, -0.1) is 10.2 Å². The molecule has 0 bridgehead atoms. The number of ketones is 1. The van der Waals surface area contributed by atoms with Gasteiger partial charge < -0.3 is 9.67 Å². The van der Waals surface area contributed by atoms with E-state index in [4.69, 9.17) is 5.11 Å². The molecule has 0 radical (unpaired) electrons. The normalized spacial score (nSPS) is 11.1. The molecule has 1 aromatic carbocycles. The highest BCUT2D eigenvalue weighted by molar-refractivity contribution is 7.99. The summed E-state index contributed by atoms with van der Waals surface area (Å²) in [4.78, 5) is 12.2. The van der Waals surface area contributed by atoms with Gasteiger partial charge in [0.2, 0.25) is 0 Å². The number of nitrogens with zero attached hydrogens (tertiary/aromatic N) is 3. The van der Waals surface area contributed by atoms with E-state index in [1.54, 1.807) is 11.6 Å². The van der Waals surface area contributed by atoms with Crippen molar-refractivity contribution in [3.8, 4) is 0 Å². The van der Waals surface area contributed by atoms with Crippen LogP contribution in [-0.2, 0) is 20.1 Å². The van der Waals surface area contributed by atoms with Crippen molar-refractivity contribution in [1.82, 2.24) is 14.8 Å². The Morgan fingerprint density at radius 1 is 1.27 bits per heavy atom. The average Bonchev–Trinajstić information content (AvgIpc) is 2.85. The van der Waals surface area contributed by atoms with Crippen LogP contribution in [0.3, 0.4) is 0 Å². The third-order valence-corrected chi connectivity index (χ3v) is 4.34. The molecule has 0 aliphatic carbocycles. The number of Topliss-reactive ketones (excluding diaryl/α,β-unsaturated/α-hetero) is 1. The largest absolute Gasteiger partial charge is 0.388 e. The van der Waals surface area contributed by atoms with E-state index in [1.807, 2.05) is 24.3 Å². The molecule has 2 rings (SSSR count). The molecule has 0 unspecified atom stereocenters. The summed E-state index contributed by atoms with van der Waals surface area (Å²) in [6.07, 6.45) is 1.02. The van der Waals surface area contributed by atoms with Crippen LogP contribution in [0.5, 0.6) is 0 Å². The molecule has 0 atom stereocenters. The minimum Gasteiger partial charge on any atom is -0.388 e. The van der Waals surface area contributed by atoms with Gasteiger partial charge in [0.25, 0.3) is 0 Å². The Morgan fingerprint density at radius 2 is 1.95 bits per heavy atom. The highest BCUT2D eigenvalue weighted by atomic mass is 32.2. The van der Waals surface area contributed by atoms with Gasteiger partial charge in [-0.05, 0) is 17.9 Å². The van der Waals surface area contributed by atoms with Crippen LogP contribution in [0.15, 0.2) is 29.4 Å². The molecule has 6 heteroatoms. The van der Waals surface area contributed by atoms with Gasteiger partial charge in [-0.2, -0.15) is 0 Å². The number of hydrogen-bond donors (Lipinski definition) is 1. The van der Waals surface area contributed by atoms with Crippen molar-refractivity contribution in [2.75, 3.05) is 5.75 Å². The molecule has 0 spiro atoms. The van der Waals surface area contributed by atoms with Gasteiger partial charge in [-0.3, -0.25) is 4.79 Å². The number of carbonyl (C=O) groups is 1. The first-order valence-electron chi connectivity index (χ1n) is 7.25. The maximum atomic E-state index is 12.2. The molecule has 22 heavy (non-hydrogen) atoms. The molecule has 0 fully saturated rings. The molecular weight excluding hydrogens is 298 g/mol. The lowest BCUT2D eigenvalue weighted by atomic mass is 10.0. The molecule has 1 heterocycles. The molecule has 118 valence electrons.